The lowest BCUT2D eigenvalue weighted by Gasteiger charge is -2.06. The molecule has 0 aliphatic heterocycles. The van der Waals surface area contributed by atoms with Gasteiger partial charge in [-0.2, -0.15) is 0 Å². The van der Waals surface area contributed by atoms with Gasteiger partial charge >= 0.3 is 0 Å². The fraction of sp³-hybridized carbons (Fsp3) is 0.0833. The smallest absolute Gasteiger partial charge is 0.162 e. The van der Waals surface area contributed by atoms with E-state index in [9.17, 15) is 8.78 Å². The molecule has 0 amide bonds. The van der Waals surface area contributed by atoms with Crippen LogP contribution in [0.1, 0.15) is 5.56 Å². The molecule has 0 saturated heterocycles. The molecule has 0 fully saturated rings. The van der Waals surface area contributed by atoms with E-state index in [1.807, 2.05) is 0 Å². The Morgan fingerprint density at radius 3 is 2.59 bits per heavy atom. The number of pyridine rings is 1. The van der Waals surface area contributed by atoms with Gasteiger partial charge in [-0.05, 0) is 23.8 Å². The molecule has 1 heterocycles. The fourth-order valence-electron chi connectivity index (χ4n) is 1.31. The van der Waals surface area contributed by atoms with Crippen LogP contribution in [0.5, 0.6) is 11.5 Å². The normalized spacial score (nSPS) is 10.3. The van der Waals surface area contributed by atoms with Crippen LogP contribution in [0.2, 0.25) is 0 Å². The average molecular weight is 236 g/mol. The van der Waals surface area contributed by atoms with Crippen molar-refractivity contribution in [3.8, 4) is 11.5 Å². The predicted octanol–water partition coefficient (Wildman–Crippen LogP) is 2.61. The minimum absolute atomic E-state index is 0.208. The molecule has 0 unspecified atom stereocenters. The number of halogens is 2. The molecule has 1 aromatic carbocycles. The maximum atomic E-state index is 12.9. The van der Waals surface area contributed by atoms with E-state index >= 15 is 0 Å². The minimum atomic E-state index is -0.953. The lowest BCUT2D eigenvalue weighted by molar-refractivity contribution is 0.459. The SMILES string of the molecule is NCc1cncc(Oc2ccc(F)c(F)c2)c1. The van der Waals surface area contributed by atoms with Crippen LogP contribution in [-0.2, 0) is 6.54 Å². The Bertz CT molecular complexity index is 532. The molecule has 1 aromatic heterocycles. The van der Waals surface area contributed by atoms with Crippen molar-refractivity contribution in [2.75, 3.05) is 0 Å². The van der Waals surface area contributed by atoms with Crippen molar-refractivity contribution in [3.05, 3.63) is 53.9 Å². The second-order valence-corrected chi connectivity index (χ2v) is 3.41. The van der Waals surface area contributed by atoms with E-state index in [1.54, 1.807) is 12.3 Å². The first kappa shape index (κ1) is 11.5. The first-order valence-corrected chi connectivity index (χ1v) is 4.96. The number of benzene rings is 1. The topological polar surface area (TPSA) is 48.1 Å². The monoisotopic (exact) mass is 236 g/mol. The third-order valence-corrected chi connectivity index (χ3v) is 2.13. The maximum absolute atomic E-state index is 12.9. The molecule has 2 aromatic rings. The quantitative estimate of drug-likeness (QED) is 0.891. The number of rotatable bonds is 3. The lowest BCUT2D eigenvalue weighted by Crippen LogP contribution is -1.97. The fourth-order valence-corrected chi connectivity index (χ4v) is 1.31. The molecule has 0 radical (unpaired) electrons. The van der Waals surface area contributed by atoms with Gasteiger partial charge in [-0.3, -0.25) is 4.98 Å². The summed E-state index contributed by atoms with van der Waals surface area (Å²) in [6.07, 6.45) is 3.08. The summed E-state index contributed by atoms with van der Waals surface area (Å²) in [4.78, 5) is 3.92. The Labute approximate surface area is 96.9 Å². The summed E-state index contributed by atoms with van der Waals surface area (Å²) in [6.45, 7) is 0.335. The van der Waals surface area contributed by atoms with Gasteiger partial charge in [-0.25, -0.2) is 8.78 Å². The molecule has 0 saturated carbocycles. The van der Waals surface area contributed by atoms with Crippen molar-refractivity contribution in [3.63, 3.8) is 0 Å². The molecule has 2 rings (SSSR count). The van der Waals surface area contributed by atoms with Gasteiger partial charge in [-0.1, -0.05) is 0 Å². The molecule has 88 valence electrons. The molecule has 3 nitrogen and oxygen atoms in total. The maximum Gasteiger partial charge on any atom is 0.162 e. The van der Waals surface area contributed by atoms with Crippen LogP contribution >= 0.6 is 0 Å². The van der Waals surface area contributed by atoms with Crippen LogP contribution in [0.4, 0.5) is 8.78 Å². The third-order valence-electron chi connectivity index (χ3n) is 2.13. The summed E-state index contributed by atoms with van der Waals surface area (Å²) in [7, 11) is 0. The standard InChI is InChI=1S/C12H10F2N2O/c13-11-2-1-9(4-12(11)14)17-10-3-8(5-15)6-16-7-10/h1-4,6-7H,5,15H2. The van der Waals surface area contributed by atoms with Crippen LogP contribution in [-0.4, -0.2) is 4.98 Å². The highest BCUT2D eigenvalue weighted by atomic mass is 19.2. The van der Waals surface area contributed by atoms with Crippen molar-refractivity contribution >= 4 is 0 Å². The Morgan fingerprint density at radius 1 is 1.06 bits per heavy atom. The molecule has 0 aliphatic rings. The van der Waals surface area contributed by atoms with Crippen molar-refractivity contribution in [2.24, 2.45) is 5.73 Å². The second-order valence-electron chi connectivity index (χ2n) is 3.41. The first-order chi connectivity index (χ1) is 8.19. The predicted molar refractivity (Wildman–Crippen MR) is 58.6 cm³/mol. The zero-order chi connectivity index (χ0) is 12.3. The van der Waals surface area contributed by atoms with Gasteiger partial charge in [-0.15, -0.1) is 0 Å². The number of nitrogens with two attached hydrogens (primary N) is 1. The first-order valence-electron chi connectivity index (χ1n) is 4.96. The van der Waals surface area contributed by atoms with Crippen LogP contribution < -0.4 is 10.5 Å². The Hall–Kier alpha value is -2.01. The molecule has 17 heavy (non-hydrogen) atoms. The lowest BCUT2D eigenvalue weighted by atomic mass is 10.3. The Balaban J connectivity index is 2.22. The molecule has 2 N–H and O–H groups in total. The van der Waals surface area contributed by atoms with E-state index in [0.717, 1.165) is 17.7 Å². The van der Waals surface area contributed by atoms with Gasteiger partial charge in [0.2, 0.25) is 0 Å². The molecule has 0 bridgehead atoms. The minimum Gasteiger partial charge on any atom is -0.456 e. The summed E-state index contributed by atoms with van der Waals surface area (Å²) < 4.78 is 31.0. The zero-order valence-corrected chi connectivity index (χ0v) is 8.86. The number of hydrogen-bond donors (Lipinski definition) is 1. The van der Waals surface area contributed by atoms with Crippen LogP contribution in [0.25, 0.3) is 0 Å². The number of nitrogens with zero attached hydrogens (tertiary/aromatic N) is 1. The van der Waals surface area contributed by atoms with Crippen molar-refractivity contribution in [1.29, 1.82) is 0 Å². The highest BCUT2D eigenvalue weighted by Crippen LogP contribution is 2.22. The summed E-state index contributed by atoms with van der Waals surface area (Å²) >= 11 is 0. The molecular formula is C12H10F2N2O. The summed E-state index contributed by atoms with van der Waals surface area (Å²) in [5.41, 5.74) is 6.25. The van der Waals surface area contributed by atoms with Crippen molar-refractivity contribution < 1.29 is 13.5 Å². The van der Waals surface area contributed by atoms with Crippen molar-refractivity contribution in [2.45, 2.75) is 6.54 Å². The molecule has 5 heteroatoms. The second kappa shape index (κ2) is 4.88. The van der Waals surface area contributed by atoms with E-state index in [2.05, 4.69) is 4.98 Å². The summed E-state index contributed by atoms with van der Waals surface area (Å²) in [5, 5.41) is 0. The highest BCUT2D eigenvalue weighted by molar-refractivity contribution is 5.31. The number of ether oxygens (including phenoxy) is 1. The van der Waals surface area contributed by atoms with Crippen molar-refractivity contribution in [1.82, 2.24) is 4.98 Å². The van der Waals surface area contributed by atoms with E-state index in [4.69, 9.17) is 10.5 Å². The molecule has 0 atom stereocenters. The van der Waals surface area contributed by atoms with E-state index < -0.39 is 11.6 Å². The van der Waals surface area contributed by atoms with E-state index in [1.165, 1.54) is 12.3 Å². The van der Waals surface area contributed by atoms with Gasteiger partial charge in [0, 0.05) is 18.8 Å². The van der Waals surface area contributed by atoms with Gasteiger partial charge < -0.3 is 10.5 Å². The highest BCUT2D eigenvalue weighted by Gasteiger charge is 2.04. The average Bonchev–Trinajstić information content (AvgIpc) is 2.34. The Morgan fingerprint density at radius 2 is 1.88 bits per heavy atom. The van der Waals surface area contributed by atoms with Crippen LogP contribution in [0.15, 0.2) is 36.7 Å². The summed E-state index contributed by atoms with van der Waals surface area (Å²) in [6, 6.07) is 5.01. The van der Waals surface area contributed by atoms with Gasteiger partial charge in [0.1, 0.15) is 11.5 Å². The van der Waals surface area contributed by atoms with Crippen LogP contribution in [0, 0.1) is 11.6 Å². The molecule has 0 aliphatic carbocycles. The van der Waals surface area contributed by atoms with Gasteiger partial charge in [0.05, 0.1) is 6.20 Å². The number of hydrogen-bond acceptors (Lipinski definition) is 3. The van der Waals surface area contributed by atoms with Gasteiger partial charge in [0.25, 0.3) is 0 Å². The summed E-state index contributed by atoms with van der Waals surface area (Å²) in [5.74, 6) is -1.23. The van der Waals surface area contributed by atoms with Crippen LogP contribution in [0.3, 0.4) is 0 Å². The molecular weight excluding hydrogens is 226 g/mol. The molecule has 0 spiro atoms. The van der Waals surface area contributed by atoms with E-state index in [-0.39, 0.29) is 5.75 Å². The van der Waals surface area contributed by atoms with E-state index in [0.29, 0.717) is 12.3 Å². The largest absolute Gasteiger partial charge is 0.456 e. The van der Waals surface area contributed by atoms with Gasteiger partial charge in [0.15, 0.2) is 11.6 Å². The third kappa shape index (κ3) is 2.76. The Kier molecular flexibility index (Phi) is 3.30. The zero-order valence-electron chi connectivity index (χ0n) is 8.86. The number of aromatic nitrogens is 1.